The molecule has 38 heteroatoms. The van der Waals surface area contributed by atoms with Gasteiger partial charge in [0.2, 0.25) is 0 Å². The number of nitrogens with zero attached hydrogens (tertiary/aromatic N) is 5. The Bertz CT molecular complexity index is 6600. The van der Waals surface area contributed by atoms with Crippen LogP contribution in [0.1, 0.15) is 73.1 Å². The highest BCUT2D eigenvalue weighted by atomic mass is 127. The monoisotopic (exact) mass is 2450 g/mol. The van der Waals surface area contributed by atoms with E-state index in [1.807, 2.05) is 83.3 Å². The Balaban J connectivity index is 0.000000204. The minimum Gasteiger partial charge on any atom is -0.508 e. The lowest BCUT2D eigenvalue weighted by Crippen LogP contribution is -2.32. The van der Waals surface area contributed by atoms with Crippen molar-refractivity contribution in [2.24, 2.45) is 17.8 Å². The lowest BCUT2D eigenvalue weighted by molar-refractivity contribution is 0.148. The number of likely N-dealkylation sites (tertiary alicyclic amines) is 3. The van der Waals surface area contributed by atoms with E-state index in [0.29, 0.717) is 83.7 Å². The number of rotatable bonds is 24. The van der Waals surface area contributed by atoms with E-state index in [1.54, 1.807) is 179 Å². The summed E-state index contributed by atoms with van der Waals surface area (Å²) in [6.07, 6.45) is 10.0. The van der Waals surface area contributed by atoms with Gasteiger partial charge in [-0.1, -0.05) is 165 Å². The molecule has 10 aromatic carbocycles. The lowest BCUT2D eigenvalue weighted by Gasteiger charge is -2.29. The SMILES string of the molecule is CCS(=O)(=O)c1cccc(-c2ccc(O)c(I)c2)c1.CCS(=O)(=O)c1cccc(-c2ccc(O)cc2)c1.CCS(=O)(=O)c1cccc(-c2ccc(OCC3CCN(C)CC3)c(I)c2)c1.CCS(=O)(=O)c1cccc(-c2ccc(OCC3CCN(C)CC3)c(Nc3ncc(Cl)cc3Br)c2)c1.CCS(=O)(=O)c1cccc(B(O)O)c1.CN1CCC(CO)CC1.Nc1ncc(Cl)cc1Br.Oc1ccc(Br)cc1. The van der Waals surface area contributed by atoms with E-state index >= 15 is 0 Å². The number of aromatic nitrogens is 2. The van der Waals surface area contributed by atoms with Gasteiger partial charge in [0.25, 0.3) is 0 Å². The average Bonchev–Trinajstić information content (AvgIpc) is 0.803. The summed E-state index contributed by atoms with van der Waals surface area (Å²) < 4.78 is 136. The van der Waals surface area contributed by atoms with Crippen molar-refractivity contribution in [3.8, 4) is 73.3 Å². The molecule has 3 fully saturated rings. The van der Waals surface area contributed by atoms with Gasteiger partial charge in [-0.3, -0.25) is 0 Å². The Morgan fingerprint density at radius 2 is 0.741 bits per heavy atom. The summed E-state index contributed by atoms with van der Waals surface area (Å²) in [6, 6.07) is 67.6. The molecule has 0 bridgehead atoms. The number of nitrogens with two attached hydrogens (primary N) is 1. The maximum atomic E-state index is 12.4. The molecule has 0 saturated carbocycles. The summed E-state index contributed by atoms with van der Waals surface area (Å²) in [5, 5.41) is 58.4. The van der Waals surface area contributed by atoms with E-state index in [-0.39, 0.29) is 50.6 Å². The standard InChI is InChI=1S/C26H29BrClN3O3S.C21H26INO3S.C14H13IO3S.C14H14O3S.C8H11BO4S.C7H15NO.C6H5BrO.C5H4BrClN2/c1-3-35(32,33)22-6-4-5-19(13-22)20-7-8-25(34-17-18-9-11-31(2)12-10-18)24(14-20)30-26-23(27)15-21(28)16-29-26;1-3-27(24,25)19-6-4-5-17(13-19)18-7-8-21(20(22)14-18)26-15-16-9-11-23(2)12-10-16;1-2-19(17,18)12-5-3-4-10(8-12)11-6-7-14(16)13(15)9-11;1-2-18(16,17)14-5-3-4-12(10-14)11-6-8-13(15)9-7-11;1-2-14(12,13)8-5-3-4-7(6-8)9(10)11;1-8-4-2-7(6-9)3-5-8;7-5-1-3-6(8)4-2-5;6-4-1-3(7)2-9-5(4)8/h4-8,13-16,18H,3,9-12,17H2,1-2H3,(H,29,30);4-8,13-14,16H,3,9-12,15H2,1-2H3;3-9,16H,2H2,1H3;3-10,15H,2H2,1H3;3-6,10-11H,2H2,1H3;7,9H,2-6H2,1H3;1-4,8H;1-2H,(H2,8,9). The van der Waals surface area contributed by atoms with Crippen molar-refractivity contribution >= 4 is 195 Å². The number of aliphatic hydroxyl groups excluding tert-OH is 1. The third-order valence-corrected chi connectivity index (χ3v) is 35.2. The number of sulfone groups is 5. The molecule has 0 unspecified atom stereocenters. The number of pyridine rings is 2. The van der Waals surface area contributed by atoms with Crippen LogP contribution in [-0.2, 0) is 49.2 Å². The Labute approximate surface area is 881 Å². The van der Waals surface area contributed by atoms with Crippen LogP contribution in [0.25, 0.3) is 44.5 Å². The molecule has 0 spiro atoms. The van der Waals surface area contributed by atoms with Gasteiger partial charge in [-0.25, -0.2) is 52.1 Å². The first-order valence-corrected chi connectivity index (χ1v) is 58.2. The highest BCUT2D eigenvalue weighted by molar-refractivity contribution is 14.1. The minimum absolute atomic E-state index is 0.00201. The van der Waals surface area contributed by atoms with Crippen LogP contribution < -0.4 is 26.0 Å². The molecular formula is C101H117BBr3Cl2I2N7O18S5. The van der Waals surface area contributed by atoms with Crippen LogP contribution in [0.5, 0.6) is 28.7 Å². The van der Waals surface area contributed by atoms with Gasteiger partial charge in [0.1, 0.15) is 40.4 Å². The zero-order chi connectivity index (χ0) is 102. The van der Waals surface area contributed by atoms with Gasteiger partial charge >= 0.3 is 7.12 Å². The van der Waals surface area contributed by atoms with Crippen LogP contribution in [0.3, 0.4) is 0 Å². The Morgan fingerprint density at radius 3 is 1.11 bits per heavy atom. The second-order valence-electron chi connectivity index (χ2n) is 32.8. The zero-order valence-corrected chi connectivity index (χ0v) is 92.9. The van der Waals surface area contributed by atoms with Crippen molar-refractivity contribution in [1.82, 2.24) is 24.7 Å². The van der Waals surface area contributed by atoms with Crippen molar-refractivity contribution in [2.75, 3.05) is 120 Å². The van der Waals surface area contributed by atoms with Gasteiger partial charge in [0, 0.05) is 23.5 Å². The number of aromatic hydroxyl groups is 3. The predicted octanol–water partition coefficient (Wildman–Crippen LogP) is 20.9. The molecule has 139 heavy (non-hydrogen) atoms. The molecule has 2 aromatic heterocycles. The highest BCUT2D eigenvalue weighted by Crippen LogP contribution is 2.39. The smallest absolute Gasteiger partial charge is 0.488 e. The van der Waals surface area contributed by atoms with E-state index in [9.17, 15) is 52.3 Å². The molecule has 15 rings (SSSR count). The molecule has 3 saturated heterocycles. The average molecular weight is 2450 g/mol. The number of nitrogen functional groups attached to an aromatic ring is 1. The molecule has 0 atom stereocenters. The van der Waals surface area contributed by atoms with Crippen LogP contribution in [0, 0.1) is 24.9 Å². The quantitative estimate of drug-likeness (QED) is 0.0206. The lowest BCUT2D eigenvalue weighted by atomic mass is 9.80. The number of anilines is 3. The van der Waals surface area contributed by atoms with Crippen molar-refractivity contribution in [3.05, 3.63) is 280 Å². The molecule has 9 N–H and O–H groups in total. The predicted molar refractivity (Wildman–Crippen MR) is 587 cm³/mol. The highest BCUT2D eigenvalue weighted by Gasteiger charge is 2.25. The molecule has 0 amide bonds. The van der Waals surface area contributed by atoms with Crippen LogP contribution >= 0.6 is 116 Å². The summed E-state index contributed by atoms with van der Waals surface area (Å²) in [6.45, 7) is 16.7. The number of phenols is 3. The van der Waals surface area contributed by atoms with Crippen molar-refractivity contribution in [3.63, 3.8) is 0 Å². The van der Waals surface area contributed by atoms with E-state index < -0.39 is 56.3 Å². The molecule has 746 valence electrons. The van der Waals surface area contributed by atoms with E-state index in [2.05, 4.69) is 128 Å². The number of aliphatic hydroxyl groups is 1. The van der Waals surface area contributed by atoms with Gasteiger partial charge in [-0.15, -0.1) is 0 Å². The number of halogens is 7. The first-order chi connectivity index (χ1) is 65.9. The normalized spacial score (nSPS) is 13.9. The molecule has 5 heterocycles. The number of hydrogen-bond donors (Lipinski definition) is 8. The summed E-state index contributed by atoms with van der Waals surface area (Å²) in [5.74, 6) is 5.45. The number of benzene rings is 10. The summed E-state index contributed by atoms with van der Waals surface area (Å²) in [4.78, 5) is 16.7. The second-order valence-corrected chi connectivity index (χ2v) is 50.0. The molecule has 0 aliphatic carbocycles. The molecule has 12 aromatic rings. The van der Waals surface area contributed by atoms with Gasteiger partial charge in [-0.05, 0) is 389 Å². The van der Waals surface area contributed by atoms with Crippen LogP contribution in [-0.4, -0.2) is 213 Å². The third-order valence-electron chi connectivity index (χ3n) is 22.7. The molecular weight excluding hydrogens is 2330 g/mol. The maximum Gasteiger partial charge on any atom is 0.488 e. The van der Waals surface area contributed by atoms with Crippen LogP contribution in [0.4, 0.5) is 17.3 Å². The molecule has 3 aliphatic rings. The third kappa shape index (κ3) is 37.7. The van der Waals surface area contributed by atoms with Crippen molar-refractivity contribution < 1.29 is 82.0 Å². The summed E-state index contributed by atoms with van der Waals surface area (Å²) in [5.41, 5.74) is 13.3. The van der Waals surface area contributed by atoms with Gasteiger partial charge < -0.3 is 65.7 Å². The Morgan fingerprint density at radius 1 is 0.410 bits per heavy atom. The minimum atomic E-state index is -3.30. The number of piperidine rings is 3. The topological polar surface area (TPSA) is 384 Å². The van der Waals surface area contributed by atoms with E-state index in [1.165, 1.54) is 63.1 Å². The van der Waals surface area contributed by atoms with Crippen molar-refractivity contribution in [1.29, 1.82) is 0 Å². The van der Waals surface area contributed by atoms with Gasteiger partial charge in [-0.2, -0.15) is 0 Å². The largest absolute Gasteiger partial charge is 0.508 e. The fourth-order valence-corrected chi connectivity index (χ4v) is 21.3. The maximum absolute atomic E-state index is 12.4. The number of hydrogen-bond acceptors (Lipinski definition) is 25. The van der Waals surface area contributed by atoms with E-state index in [4.69, 9.17) is 58.7 Å². The number of ether oxygens (including phenoxy) is 2. The fourth-order valence-electron chi connectivity index (χ4n) is 13.9. The van der Waals surface area contributed by atoms with Crippen LogP contribution in [0.15, 0.2) is 287 Å². The zero-order valence-electron chi connectivity index (χ0n) is 78.2. The van der Waals surface area contributed by atoms with E-state index in [0.717, 1.165) is 135 Å². The van der Waals surface area contributed by atoms with Gasteiger partial charge in [0.15, 0.2) is 49.2 Å². The number of phenolic OH excluding ortho intramolecular Hbond substituents is 3. The first kappa shape index (κ1) is 116. The van der Waals surface area contributed by atoms with Gasteiger partial charge in [0.05, 0.1) is 98.3 Å². The van der Waals surface area contributed by atoms with Crippen molar-refractivity contribution in [2.45, 2.75) is 97.6 Å². The van der Waals surface area contributed by atoms with Crippen LogP contribution in [0.2, 0.25) is 10.0 Å². The fraction of sp³-hybridized carbons (Fsp3) is 0.307. The summed E-state index contributed by atoms with van der Waals surface area (Å²) in [7, 11) is -11.4. The Hall–Kier alpha value is -7.85. The molecule has 3 aliphatic heterocycles. The summed E-state index contributed by atoms with van der Waals surface area (Å²) >= 11 is 25.9. The number of nitrogens with one attached hydrogen (secondary N) is 1. The Kier molecular flexibility index (Phi) is 47.3. The second kappa shape index (κ2) is 56.4. The molecule has 25 nitrogen and oxygen atoms in total. The first-order valence-electron chi connectivity index (χ1n) is 44.6. The molecule has 0 radical (unpaired) electrons.